The van der Waals surface area contributed by atoms with Gasteiger partial charge in [-0.15, -0.1) is 11.3 Å². The van der Waals surface area contributed by atoms with Crippen molar-refractivity contribution in [2.24, 2.45) is 5.73 Å². The molecule has 0 aliphatic carbocycles. The molecule has 1 atom stereocenters. The van der Waals surface area contributed by atoms with E-state index in [0.29, 0.717) is 6.54 Å². The van der Waals surface area contributed by atoms with Gasteiger partial charge in [-0.05, 0) is 18.4 Å². The third-order valence-electron chi connectivity index (χ3n) is 2.84. The Hall–Kier alpha value is -0.590. The van der Waals surface area contributed by atoms with Crippen molar-refractivity contribution in [2.45, 2.75) is 45.1 Å². The summed E-state index contributed by atoms with van der Waals surface area (Å²) in [7, 11) is 0. The Kier molecular flexibility index (Phi) is 6.99. The molecule has 114 valence electrons. The van der Waals surface area contributed by atoms with Crippen LogP contribution in [0, 0.1) is 0 Å². The maximum atomic E-state index is 11.7. The smallest absolute Gasteiger partial charge is 0.236 e. The molecular formula is C14H25N3OS2. The molecule has 0 fully saturated rings. The van der Waals surface area contributed by atoms with Gasteiger partial charge in [0.2, 0.25) is 5.91 Å². The molecule has 1 amide bonds. The van der Waals surface area contributed by atoms with Gasteiger partial charge < -0.3 is 11.1 Å². The second-order valence-corrected chi connectivity index (χ2v) is 7.67. The zero-order valence-corrected chi connectivity index (χ0v) is 14.4. The summed E-state index contributed by atoms with van der Waals surface area (Å²) in [6.07, 6.45) is 3.49. The second kappa shape index (κ2) is 8.00. The van der Waals surface area contributed by atoms with Crippen LogP contribution in [0.25, 0.3) is 0 Å². The maximum absolute atomic E-state index is 11.7. The predicted molar refractivity (Wildman–Crippen MR) is 88.5 cm³/mol. The Morgan fingerprint density at radius 1 is 1.55 bits per heavy atom. The maximum Gasteiger partial charge on any atom is 0.236 e. The minimum atomic E-state index is -0.400. The second-order valence-electron chi connectivity index (χ2n) is 5.82. The van der Waals surface area contributed by atoms with Gasteiger partial charge in [0.15, 0.2) is 0 Å². The fourth-order valence-corrected chi connectivity index (χ4v) is 3.02. The van der Waals surface area contributed by atoms with Crippen molar-refractivity contribution < 1.29 is 4.79 Å². The topological polar surface area (TPSA) is 68.0 Å². The van der Waals surface area contributed by atoms with E-state index in [2.05, 4.69) is 36.5 Å². The molecule has 0 saturated carbocycles. The lowest BCUT2D eigenvalue weighted by Crippen LogP contribution is -2.41. The first-order chi connectivity index (χ1) is 9.34. The van der Waals surface area contributed by atoms with Crippen molar-refractivity contribution in [2.75, 3.05) is 18.6 Å². The van der Waals surface area contributed by atoms with Crippen LogP contribution < -0.4 is 11.1 Å². The Bertz CT molecular complexity index is 426. The van der Waals surface area contributed by atoms with Crippen molar-refractivity contribution in [3.63, 3.8) is 0 Å². The van der Waals surface area contributed by atoms with Crippen LogP contribution >= 0.6 is 23.1 Å². The average molecular weight is 316 g/mol. The lowest BCUT2D eigenvalue weighted by atomic mass is 9.98. The highest BCUT2D eigenvalue weighted by atomic mass is 32.2. The standard InChI is InChI=1S/C14H25N3OS2/c1-14(2,3)13-17-10(9-20-13)5-7-16-12(18)11(15)6-8-19-4/h9,11H,5-8,15H2,1-4H3,(H,16,18). The Labute approximate surface area is 129 Å². The Morgan fingerprint density at radius 2 is 2.25 bits per heavy atom. The monoisotopic (exact) mass is 315 g/mol. The summed E-state index contributed by atoms with van der Waals surface area (Å²) in [6.45, 7) is 7.06. The van der Waals surface area contributed by atoms with E-state index in [1.165, 1.54) is 0 Å². The lowest BCUT2D eigenvalue weighted by molar-refractivity contribution is -0.122. The number of thioether (sulfide) groups is 1. The summed E-state index contributed by atoms with van der Waals surface area (Å²) in [5.74, 6) is 0.848. The van der Waals surface area contributed by atoms with Crippen molar-refractivity contribution >= 4 is 29.0 Å². The Morgan fingerprint density at radius 3 is 2.80 bits per heavy atom. The number of amides is 1. The molecule has 1 heterocycles. The van der Waals surface area contributed by atoms with E-state index in [-0.39, 0.29) is 11.3 Å². The van der Waals surface area contributed by atoms with Crippen LogP contribution in [0.15, 0.2) is 5.38 Å². The van der Waals surface area contributed by atoms with E-state index in [9.17, 15) is 4.79 Å². The minimum absolute atomic E-state index is 0.0645. The number of nitrogens with two attached hydrogens (primary N) is 1. The normalized spacial score (nSPS) is 13.2. The van der Waals surface area contributed by atoms with Gasteiger partial charge in [0.1, 0.15) is 0 Å². The SMILES string of the molecule is CSCCC(N)C(=O)NCCc1csc(C(C)(C)C)n1. The number of rotatable bonds is 7. The van der Waals surface area contributed by atoms with E-state index < -0.39 is 6.04 Å². The summed E-state index contributed by atoms with van der Waals surface area (Å²) in [5, 5.41) is 6.08. The quantitative estimate of drug-likeness (QED) is 0.809. The van der Waals surface area contributed by atoms with Crippen molar-refractivity contribution in [3.8, 4) is 0 Å². The highest BCUT2D eigenvalue weighted by Crippen LogP contribution is 2.25. The molecule has 0 saturated heterocycles. The lowest BCUT2D eigenvalue weighted by Gasteiger charge is -2.13. The zero-order valence-electron chi connectivity index (χ0n) is 12.7. The number of hydrogen-bond acceptors (Lipinski definition) is 5. The van der Waals surface area contributed by atoms with Gasteiger partial charge in [-0.3, -0.25) is 4.79 Å². The number of carbonyl (C=O) groups is 1. The fraction of sp³-hybridized carbons (Fsp3) is 0.714. The third-order valence-corrected chi connectivity index (χ3v) is 4.80. The average Bonchev–Trinajstić information content (AvgIpc) is 2.84. The van der Waals surface area contributed by atoms with E-state index in [1.54, 1.807) is 23.1 Å². The summed E-state index contributed by atoms with van der Waals surface area (Å²) >= 11 is 3.39. The first-order valence-corrected chi connectivity index (χ1v) is 9.09. The molecule has 4 nitrogen and oxygen atoms in total. The fourth-order valence-electron chi connectivity index (χ4n) is 1.59. The van der Waals surface area contributed by atoms with Gasteiger partial charge in [-0.1, -0.05) is 20.8 Å². The van der Waals surface area contributed by atoms with Crippen molar-refractivity contribution in [1.82, 2.24) is 10.3 Å². The molecule has 0 aliphatic heterocycles. The van der Waals surface area contributed by atoms with E-state index in [1.807, 2.05) is 6.26 Å². The van der Waals surface area contributed by atoms with Crippen LogP contribution in [-0.2, 0) is 16.6 Å². The summed E-state index contributed by atoms with van der Waals surface area (Å²) in [4.78, 5) is 16.3. The van der Waals surface area contributed by atoms with Crippen LogP contribution in [0.1, 0.15) is 37.9 Å². The first-order valence-electron chi connectivity index (χ1n) is 6.81. The number of nitrogens with zero attached hydrogens (tertiary/aromatic N) is 1. The highest BCUT2D eigenvalue weighted by Gasteiger charge is 2.18. The van der Waals surface area contributed by atoms with Gasteiger partial charge >= 0.3 is 0 Å². The molecule has 1 rings (SSSR count). The van der Waals surface area contributed by atoms with Crippen LogP contribution in [0.2, 0.25) is 0 Å². The van der Waals surface area contributed by atoms with Crippen molar-refractivity contribution in [3.05, 3.63) is 16.1 Å². The molecule has 1 aromatic heterocycles. The summed E-state index contributed by atoms with van der Waals surface area (Å²) in [5.41, 5.74) is 6.93. The van der Waals surface area contributed by atoms with Gasteiger partial charge in [-0.25, -0.2) is 4.98 Å². The molecule has 0 aliphatic rings. The molecule has 0 bridgehead atoms. The molecule has 0 aromatic carbocycles. The molecule has 1 aromatic rings. The van der Waals surface area contributed by atoms with E-state index in [4.69, 9.17) is 5.73 Å². The van der Waals surface area contributed by atoms with Crippen LogP contribution in [0.4, 0.5) is 0 Å². The zero-order chi connectivity index (χ0) is 15.2. The number of carbonyl (C=O) groups excluding carboxylic acids is 1. The number of thiazole rings is 1. The summed E-state index contributed by atoms with van der Waals surface area (Å²) < 4.78 is 0. The number of hydrogen-bond donors (Lipinski definition) is 2. The van der Waals surface area contributed by atoms with Crippen LogP contribution in [-0.4, -0.2) is 35.5 Å². The van der Waals surface area contributed by atoms with Gasteiger partial charge in [0.25, 0.3) is 0 Å². The highest BCUT2D eigenvalue weighted by molar-refractivity contribution is 7.98. The molecule has 0 radical (unpaired) electrons. The molecule has 20 heavy (non-hydrogen) atoms. The first kappa shape index (κ1) is 17.5. The molecule has 6 heteroatoms. The minimum Gasteiger partial charge on any atom is -0.354 e. The van der Waals surface area contributed by atoms with E-state index in [0.717, 1.165) is 29.3 Å². The molecule has 3 N–H and O–H groups in total. The number of nitrogens with one attached hydrogen (secondary N) is 1. The van der Waals surface area contributed by atoms with Gasteiger partial charge in [0.05, 0.1) is 16.7 Å². The van der Waals surface area contributed by atoms with Crippen molar-refractivity contribution in [1.29, 1.82) is 0 Å². The van der Waals surface area contributed by atoms with Crippen LogP contribution in [0.5, 0.6) is 0 Å². The number of aromatic nitrogens is 1. The molecular weight excluding hydrogens is 290 g/mol. The van der Waals surface area contributed by atoms with E-state index >= 15 is 0 Å². The predicted octanol–water partition coefficient (Wildman–Crippen LogP) is 2.18. The molecule has 0 spiro atoms. The van der Waals surface area contributed by atoms with Crippen LogP contribution in [0.3, 0.4) is 0 Å². The third kappa shape index (κ3) is 5.81. The van der Waals surface area contributed by atoms with Gasteiger partial charge in [0, 0.05) is 23.8 Å². The molecule has 1 unspecified atom stereocenters. The largest absolute Gasteiger partial charge is 0.354 e. The van der Waals surface area contributed by atoms with Gasteiger partial charge in [-0.2, -0.15) is 11.8 Å². The summed E-state index contributed by atoms with van der Waals surface area (Å²) in [6, 6.07) is -0.400. The Balaban J connectivity index is 2.34.